The Labute approximate surface area is 66.4 Å². The molecule has 0 fully saturated rings. The molecule has 0 bridgehead atoms. The van der Waals surface area contributed by atoms with Gasteiger partial charge in [-0.15, -0.1) is 0 Å². The normalized spacial score (nSPS) is 15.5. The van der Waals surface area contributed by atoms with Crippen molar-refractivity contribution < 1.29 is 15.0 Å². The van der Waals surface area contributed by atoms with Crippen LogP contribution in [-0.2, 0) is 4.79 Å². The molecule has 11 heavy (non-hydrogen) atoms. The lowest BCUT2D eigenvalue weighted by molar-refractivity contribution is -0.130. The van der Waals surface area contributed by atoms with Gasteiger partial charge in [0.05, 0.1) is 0 Å². The molecular weight excluding hydrogens is 144 g/mol. The zero-order valence-corrected chi connectivity index (χ0v) is 6.58. The third kappa shape index (κ3) is 2.44. The minimum Gasteiger partial charge on any atom is -0.396 e. The molecule has 0 saturated carbocycles. The predicted octanol–water partition coefficient (Wildman–Crippen LogP) is 0.0792. The Bertz CT molecular complexity index is 153. The minimum absolute atomic E-state index is 0.0222. The van der Waals surface area contributed by atoms with E-state index in [2.05, 4.69) is 6.58 Å². The highest BCUT2D eigenvalue weighted by molar-refractivity contribution is 5.97. The van der Waals surface area contributed by atoms with Crippen molar-refractivity contribution in [1.82, 2.24) is 0 Å². The minimum atomic E-state index is -1.53. The fraction of sp³-hybridized carbons (Fsp3) is 0.500. The number of carbonyl (C=O) groups excluding carboxylic acids is 1. The molecule has 63 valence electrons. The predicted molar refractivity (Wildman–Crippen MR) is 41.8 cm³/mol. The molecule has 0 aromatic rings. The van der Waals surface area contributed by atoms with Gasteiger partial charge in [-0.25, -0.2) is 0 Å². The van der Waals surface area contributed by atoms with Gasteiger partial charge in [0.2, 0.25) is 0 Å². The SMILES string of the molecule is C=CC(=O)C(O)([CH]C)CCO. The summed E-state index contributed by atoms with van der Waals surface area (Å²) < 4.78 is 0. The number of aliphatic hydroxyl groups is 2. The average Bonchev–Trinajstić information content (AvgIpc) is 2.03. The fourth-order valence-corrected chi connectivity index (χ4v) is 0.757. The van der Waals surface area contributed by atoms with Gasteiger partial charge < -0.3 is 10.2 Å². The quantitative estimate of drug-likeness (QED) is 0.555. The summed E-state index contributed by atoms with van der Waals surface area (Å²) in [5.41, 5.74) is -1.53. The summed E-state index contributed by atoms with van der Waals surface area (Å²) in [7, 11) is 0. The molecule has 0 aromatic heterocycles. The maximum absolute atomic E-state index is 10.9. The van der Waals surface area contributed by atoms with E-state index >= 15 is 0 Å². The van der Waals surface area contributed by atoms with Gasteiger partial charge in [0.15, 0.2) is 5.78 Å². The van der Waals surface area contributed by atoms with Gasteiger partial charge in [0, 0.05) is 13.0 Å². The van der Waals surface area contributed by atoms with Crippen LogP contribution in [0.1, 0.15) is 13.3 Å². The van der Waals surface area contributed by atoms with Crippen LogP contribution in [0.2, 0.25) is 0 Å². The fourth-order valence-electron chi connectivity index (χ4n) is 0.757. The van der Waals surface area contributed by atoms with Crippen molar-refractivity contribution in [2.75, 3.05) is 6.61 Å². The van der Waals surface area contributed by atoms with E-state index in [-0.39, 0.29) is 13.0 Å². The summed E-state index contributed by atoms with van der Waals surface area (Å²) in [5.74, 6) is -0.478. The molecule has 1 unspecified atom stereocenters. The van der Waals surface area contributed by atoms with Crippen molar-refractivity contribution in [3.05, 3.63) is 19.1 Å². The van der Waals surface area contributed by atoms with E-state index in [1.54, 1.807) is 6.92 Å². The molecule has 1 radical (unpaired) electrons. The summed E-state index contributed by atoms with van der Waals surface area (Å²) in [6, 6.07) is 0. The van der Waals surface area contributed by atoms with E-state index in [4.69, 9.17) is 5.11 Å². The summed E-state index contributed by atoms with van der Waals surface area (Å²) in [5, 5.41) is 18.0. The Morgan fingerprint density at radius 3 is 2.55 bits per heavy atom. The molecule has 1 atom stereocenters. The first kappa shape index (κ1) is 10.3. The number of ketones is 1. The lowest BCUT2D eigenvalue weighted by Gasteiger charge is -2.21. The molecule has 0 saturated heterocycles. The number of hydrogen-bond acceptors (Lipinski definition) is 3. The largest absolute Gasteiger partial charge is 0.396 e. The van der Waals surface area contributed by atoms with Crippen LogP contribution in [0.15, 0.2) is 12.7 Å². The van der Waals surface area contributed by atoms with Crippen molar-refractivity contribution in [1.29, 1.82) is 0 Å². The molecular formula is C8H13O3. The molecule has 0 aromatic carbocycles. The highest BCUT2D eigenvalue weighted by atomic mass is 16.3. The van der Waals surface area contributed by atoms with Crippen molar-refractivity contribution in [3.63, 3.8) is 0 Å². The van der Waals surface area contributed by atoms with Gasteiger partial charge in [-0.1, -0.05) is 13.5 Å². The molecule has 0 rings (SSSR count). The average molecular weight is 157 g/mol. The van der Waals surface area contributed by atoms with Crippen molar-refractivity contribution in [3.8, 4) is 0 Å². The first-order valence-electron chi connectivity index (χ1n) is 3.41. The van der Waals surface area contributed by atoms with Crippen LogP contribution >= 0.6 is 0 Å². The van der Waals surface area contributed by atoms with Gasteiger partial charge in [-0.3, -0.25) is 4.79 Å². The third-order valence-electron chi connectivity index (χ3n) is 1.58. The Kier molecular flexibility index (Phi) is 4.00. The van der Waals surface area contributed by atoms with E-state index in [0.717, 1.165) is 6.08 Å². The van der Waals surface area contributed by atoms with Crippen LogP contribution in [0.5, 0.6) is 0 Å². The van der Waals surface area contributed by atoms with Gasteiger partial charge in [-0.05, 0) is 12.5 Å². The van der Waals surface area contributed by atoms with Crippen LogP contribution in [0.4, 0.5) is 0 Å². The van der Waals surface area contributed by atoms with Crippen LogP contribution < -0.4 is 0 Å². The summed E-state index contributed by atoms with van der Waals surface area (Å²) in [6.45, 7) is 4.59. The Hall–Kier alpha value is -0.670. The summed E-state index contributed by atoms with van der Waals surface area (Å²) in [4.78, 5) is 10.9. The second-order valence-corrected chi connectivity index (χ2v) is 2.25. The van der Waals surface area contributed by atoms with Crippen LogP contribution in [-0.4, -0.2) is 28.2 Å². The zero-order valence-electron chi connectivity index (χ0n) is 6.58. The highest BCUT2D eigenvalue weighted by Crippen LogP contribution is 2.15. The van der Waals surface area contributed by atoms with Gasteiger partial charge >= 0.3 is 0 Å². The van der Waals surface area contributed by atoms with Gasteiger partial charge in [-0.2, -0.15) is 0 Å². The molecule has 0 heterocycles. The smallest absolute Gasteiger partial charge is 0.186 e. The van der Waals surface area contributed by atoms with Gasteiger partial charge in [0.1, 0.15) is 5.60 Å². The monoisotopic (exact) mass is 157 g/mol. The Morgan fingerprint density at radius 2 is 2.27 bits per heavy atom. The first-order chi connectivity index (χ1) is 5.10. The lowest BCUT2D eigenvalue weighted by atomic mass is 9.92. The van der Waals surface area contributed by atoms with Crippen molar-refractivity contribution in [2.24, 2.45) is 0 Å². The molecule has 0 amide bonds. The maximum atomic E-state index is 10.9. The zero-order chi connectivity index (χ0) is 8.91. The van der Waals surface area contributed by atoms with Crippen LogP contribution in [0.3, 0.4) is 0 Å². The maximum Gasteiger partial charge on any atom is 0.186 e. The van der Waals surface area contributed by atoms with E-state index in [1.807, 2.05) is 0 Å². The molecule has 0 aliphatic carbocycles. The standard InChI is InChI=1S/C8H13O3/c1-3-7(10)8(11,4-2)5-6-9/h3-4,9,11H,1,5-6H2,2H3. The second-order valence-electron chi connectivity index (χ2n) is 2.25. The molecule has 0 aliphatic heterocycles. The Balaban J connectivity index is 4.31. The van der Waals surface area contributed by atoms with E-state index in [0.29, 0.717) is 0 Å². The number of aliphatic hydroxyl groups excluding tert-OH is 1. The topological polar surface area (TPSA) is 57.5 Å². The molecule has 3 heteroatoms. The van der Waals surface area contributed by atoms with Crippen molar-refractivity contribution >= 4 is 5.78 Å². The molecule has 3 nitrogen and oxygen atoms in total. The van der Waals surface area contributed by atoms with Crippen molar-refractivity contribution in [2.45, 2.75) is 18.9 Å². The van der Waals surface area contributed by atoms with Crippen LogP contribution in [0.25, 0.3) is 0 Å². The molecule has 0 spiro atoms. The summed E-state index contributed by atoms with van der Waals surface area (Å²) >= 11 is 0. The Morgan fingerprint density at radius 1 is 1.73 bits per heavy atom. The number of hydrogen-bond donors (Lipinski definition) is 2. The van der Waals surface area contributed by atoms with Crippen LogP contribution in [0, 0.1) is 6.42 Å². The highest BCUT2D eigenvalue weighted by Gasteiger charge is 2.30. The van der Waals surface area contributed by atoms with Gasteiger partial charge in [0.25, 0.3) is 0 Å². The second kappa shape index (κ2) is 4.26. The molecule has 0 aliphatic rings. The van der Waals surface area contributed by atoms with E-state index in [1.165, 1.54) is 6.42 Å². The number of rotatable bonds is 5. The molecule has 2 N–H and O–H groups in total. The summed E-state index contributed by atoms with van der Waals surface area (Å²) in [6.07, 6.45) is 2.43. The van der Waals surface area contributed by atoms with E-state index < -0.39 is 11.4 Å². The number of carbonyl (C=O) groups is 1. The van der Waals surface area contributed by atoms with E-state index in [9.17, 15) is 9.90 Å². The lowest BCUT2D eigenvalue weighted by Crippen LogP contribution is -2.38. The first-order valence-corrected chi connectivity index (χ1v) is 3.41. The third-order valence-corrected chi connectivity index (χ3v) is 1.58.